The highest BCUT2D eigenvalue weighted by Crippen LogP contribution is 2.39. The summed E-state index contributed by atoms with van der Waals surface area (Å²) in [4.78, 5) is 13.8. The van der Waals surface area contributed by atoms with Gasteiger partial charge in [-0.15, -0.1) is 0 Å². The number of ether oxygens (including phenoxy) is 2. The predicted octanol–water partition coefficient (Wildman–Crippen LogP) is 4.21. The van der Waals surface area contributed by atoms with E-state index in [1.54, 1.807) is 14.2 Å². The van der Waals surface area contributed by atoms with Crippen molar-refractivity contribution in [2.75, 3.05) is 27.3 Å². The quantitative estimate of drug-likeness (QED) is 0.810. The smallest absolute Gasteiger partial charge is 0.306 e. The normalized spacial score (nSPS) is 16.6. The first-order chi connectivity index (χ1) is 13.4. The fraction of sp³-hybridized carbons (Fsp3) is 0.435. The molecule has 1 N–H and O–H groups in total. The molecule has 3 rings (SSSR count). The van der Waals surface area contributed by atoms with E-state index >= 15 is 0 Å². The zero-order valence-electron chi connectivity index (χ0n) is 17.1. The first kappa shape index (κ1) is 20.2. The van der Waals surface area contributed by atoms with Gasteiger partial charge in [0.05, 0.1) is 26.2 Å². The van der Waals surface area contributed by atoms with Gasteiger partial charge in [0.1, 0.15) is 11.5 Å². The highest BCUT2D eigenvalue weighted by atomic mass is 16.5. The van der Waals surface area contributed by atoms with Crippen LogP contribution in [0.25, 0.3) is 0 Å². The molecule has 5 nitrogen and oxygen atoms in total. The topological polar surface area (TPSA) is 59.0 Å². The van der Waals surface area contributed by atoms with Gasteiger partial charge in [-0.2, -0.15) is 0 Å². The molecule has 1 aliphatic rings. The maximum atomic E-state index is 11.4. The Hall–Kier alpha value is -2.53. The molecule has 5 heteroatoms. The highest BCUT2D eigenvalue weighted by Gasteiger charge is 2.32. The average molecular weight is 383 g/mol. The summed E-state index contributed by atoms with van der Waals surface area (Å²) in [7, 11) is 3.34. The molecule has 1 unspecified atom stereocenters. The van der Waals surface area contributed by atoms with Crippen molar-refractivity contribution in [2.45, 2.75) is 32.7 Å². The molecule has 1 heterocycles. The lowest BCUT2D eigenvalue weighted by Crippen LogP contribution is -2.39. The Morgan fingerprint density at radius 2 is 1.68 bits per heavy atom. The fourth-order valence-electron chi connectivity index (χ4n) is 4.21. The summed E-state index contributed by atoms with van der Waals surface area (Å²) in [5.74, 6) is 0.640. The number of likely N-dealkylation sites (tertiary alicyclic amines) is 1. The number of aryl methyl sites for hydroxylation is 2. The molecule has 0 amide bonds. The lowest BCUT2D eigenvalue weighted by Gasteiger charge is -2.38. The number of carbonyl (C=O) groups is 1. The third kappa shape index (κ3) is 4.30. The molecule has 0 bridgehead atoms. The molecule has 0 radical (unpaired) electrons. The summed E-state index contributed by atoms with van der Waals surface area (Å²) in [6.45, 7) is 5.67. The molecule has 1 atom stereocenters. The number of aliphatic carboxylic acids is 1. The van der Waals surface area contributed by atoms with Gasteiger partial charge in [0.15, 0.2) is 0 Å². The van der Waals surface area contributed by atoms with E-state index in [1.807, 2.05) is 18.2 Å². The van der Waals surface area contributed by atoms with Gasteiger partial charge in [-0.1, -0.05) is 29.3 Å². The van der Waals surface area contributed by atoms with Crippen LogP contribution < -0.4 is 9.47 Å². The summed E-state index contributed by atoms with van der Waals surface area (Å²) in [6, 6.07) is 12.4. The van der Waals surface area contributed by atoms with Crippen LogP contribution in [0.2, 0.25) is 0 Å². The van der Waals surface area contributed by atoms with Gasteiger partial charge in [-0.25, -0.2) is 0 Å². The lowest BCUT2D eigenvalue weighted by molar-refractivity contribution is -0.143. The van der Waals surface area contributed by atoms with Gasteiger partial charge in [-0.05, 0) is 63.5 Å². The number of carboxylic acid groups (broad SMARTS) is 1. The summed E-state index contributed by atoms with van der Waals surface area (Å²) in [5.41, 5.74) is 4.66. The molecule has 2 aromatic carbocycles. The number of carboxylic acids is 1. The van der Waals surface area contributed by atoms with Crippen LogP contribution in [0.15, 0.2) is 36.4 Å². The van der Waals surface area contributed by atoms with Gasteiger partial charge in [0, 0.05) is 5.56 Å². The molecule has 0 aliphatic carbocycles. The van der Waals surface area contributed by atoms with Gasteiger partial charge >= 0.3 is 5.97 Å². The SMILES string of the molecule is COc1ccc(OC)c(C(c2cc(C)cc(C)c2)N2CCC(C(=O)O)CC2)c1. The molecule has 1 fully saturated rings. The molecule has 1 saturated heterocycles. The molecule has 0 spiro atoms. The number of piperidine rings is 1. The van der Waals surface area contributed by atoms with E-state index in [2.05, 4.69) is 36.9 Å². The second kappa shape index (κ2) is 8.65. The second-order valence-electron chi connectivity index (χ2n) is 7.58. The Kier molecular flexibility index (Phi) is 6.25. The minimum atomic E-state index is -0.693. The number of hydrogen-bond donors (Lipinski definition) is 1. The van der Waals surface area contributed by atoms with E-state index in [-0.39, 0.29) is 12.0 Å². The Balaban J connectivity index is 2.06. The van der Waals surface area contributed by atoms with Crippen LogP contribution in [0.5, 0.6) is 11.5 Å². The standard InChI is InChI=1S/C23H29NO4/c1-15-11-16(2)13-18(12-15)22(24-9-7-17(8-10-24)23(25)26)20-14-19(27-3)5-6-21(20)28-4/h5-6,11-14,17,22H,7-10H2,1-4H3,(H,25,26). The van der Waals surface area contributed by atoms with E-state index in [0.29, 0.717) is 12.8 Å². The van der Waals surface area contributed by atoms with E-state index < -0.39 is 5.97 Å². The molecular formula is C23H29NO4. The lowest BCUT2D eigenvalue weighted by atomic mass is 9.89. The van der Waals surface area contributed by atoms with Gasteiger partial charge in [0.2, 0.25) is 0 Å². The fourth-order valence-corrected chi connectivity index (χ4v) is 4.21. The van der Waals surface area contributed by atoms with Crippen LogP contribution in [-0.4, -0.2) is 43.3 Å². The van der Waals surface area contributed by atoms with E-state index in [9.17, 15) is 9.90 Å². The number of hydrogen-bond acceptors (Lipinski definition) is 4. The first-order valence-corrected chi connectivity index (χ1v) is 9.70. The highest BCUT2D eigenvalue weighted by molar-refractivity contribution is 5.70. The minimum absolute atomic E-state index is 0.0154. The summed E-state index contributed by atoms with van der Waals surface area (Å²) >= 11 is 0. The van der Waals surface area contributed by atoms with Crippen molar-refractivity contribution in [3.8, 4) is 11.5 Å². The van der Waals surface area contributed by atoms with Crippen molar-refractivity contribution >= 4 is 5.97 Å². The Morgan fingerprint density at radius 3 is 2.21 bits per heavy atom. The van der Waals surface area contributed by atoms with E-state index in [0.717, 1.165) is 30.2 Å². The molecule has 0 aromatic heterocycles. The predicted molar refractivity (Wildman–Crippen MR) is 109 cm³/mol. The Labute approximate surface area is 166 Å². The summed E-state index contributed by atoms with van der Waals surface area (Å²) < 4.78 is 11.2. The van der Waals surface area contributed by atoms with Crippen LogP contribution in [0.4, 0.5) is 0 Å². The van der Waals surface area contributed by atoms with Crippen molar-refractivity contribution in [2.24, 2.45) is 5.92 Å². The monoisotopic (exact) mass is 383 g/mol. The van der Waals surface area contributed by atoms with Crippen LogP contribution in [-0.2, 0) is 4.79 Å². The molecule has 1 aliphatic heterocycles. The van der Waals surface area contributed by atoms with Crippen LogP contribution in [0, 0.1) is 19.8 Å². The van der Waals surface area contributed by atoms with Gasteiger partial charge in [-0.3, -0.25) is 9.69 Å². The van der Waals surface area contributed by atoms with Crippen molar-refractivity contribution < 1.29 is 19.4 Å². The molecular weight excluding hydrogens is 354 g/mol. The summed E-state index contributed by atoms with van der Waals surface area (Å²) in [6.07, 6.45) is 1.31. The van der Waals surface area contributed by atoms with E-state index in [1.165, 1.54) is 16.7 Å². The van der Waals surface area contributed by atoms with Gasteiger partial charge < -0.3 is 14.6 Å². The zero-order chi connectivity index (χ0) is 20.3. The third-order valence-corrected chi connectivity index (χ3v) is 5.54. The van der Waals surface area contributed by atoms with Crippen LogP contribution in [0.3, 0.4) is 0 Å². The van der Waals surface area contributed by atoms with Crippen molar-refractivity contribution in [3.63, 3.8) is 0 Å². The van der Waals surface area contributed by atoms with Crippen LogP contribution >= 0.6 is 0 Å². The number of methoxy groups -OCH3 is 2. The average Bonchev–Trinajstić information content (AvgIpc) is 2.67. The minimum Gasteiger partial charge on any atom is -0.497 e. The summed E-state index contributed by atoms with van der Waals surface area (Å²) in [5, 5.41) is 9.37. The Bertz CT molecular complexity index is 820. The van der Waals surface area contributed by atoms with Gasteiger partial charge in [0.25, 0.3) is 0 Å². The number of benzene rings is 2. The largest absolute Gasteiger partial charge is 0.497 e. The Morgan fingerprint density at radius 1 is 1.04 bits per heavy atom. The third-order valence-electron chi connectivity index (χ3n) is 5.54. The maximum Gasteiger partial charge on any atom is 0.306 e. The van der Waals surface area contributed by atoms with E-state index in [4.69, 9.17) is 9.47 Å². The zero-order valence-corrected chi connectivity index (χ0v) is 17.1. The van der Waals surface area contributed by atoms with Crippen molar-refractivity contribution in [1.29, 1.82) is 0 Å². The number of nitrogens with zero attached hydrogens (tertiary/aromatic N) is 1. The first-order valence-electron chi connectivity index (χ1n) is 9.70. The maximum absolute atomic E-state index is 11.4. The number of rotatable bonds is 6. The van der Waals surface area contributed by atoms with Crippen molar-refractivity contribution in [1.82, 2.24) is 4.90 Å². The van der Waals surface area contributed by atoms with Crippen molar-refractivity contribution in [3.05, 3.63) is 58.7 Å². The van der Waals surface area contributed by atoms with Crippen LogP contribution in [0.1, 0.15) is 41.1 Å². The molecule has 2 aromatic rings. The molecule has 28 heavy (non-hydrogen) atoms. The molecule has 150 valence electrons. The second-order valence-corrected chi connectivity index (χ2v) is 7.58. The molecule has 0 saturated carbocycles.